The van der Waals surface area contributed by atoms with Crippen LogP contribution in [0.15, 0.2) is 60.7 Å². The fourth-order valence-electron chi connectivity index (χ4n) is 1.85. The summed E-state index contributed by atoms with van der Waals surface area (Å²) in [4.78, 5) is 0. The first-order chi connectivity index (χ1) is 10.9. The molecule has 0 aliphatic rings. The first-order valence-corrected chi connectivity index (χ1v) is 8.85. The number of hydrogen-bond acceptors (Lipinski definition) is 4. The normalized spacial score (nSPS) is 12.3. The average molecular weight is 333 g/mol. The van der Waals surface area contributed by atoms with Gasteiger partial charge in [0, 0.05) is 0 Å². The van der Waals surface area contributed by atoms with Gasteiger partial charge in [-0.15, -0.1) is 0 Å². The molecule has 5 heteroatoms. The average Bonchev–Trinajstić information content (AvgIpc) is 2.52. The van der Waals surface area contributed by atoms with Crippen molar-refractivity contribution in [2.75, 3.05) is 0 Å². The zero-order valence-corrected chi connectivity index (χ0v) is 14.4. The molecule has 4 nitrogen and oxygen atoms in total. The third kappa shape index (κ3) is 6.67. The van der Waals surface area contributed by atoms with Crippen molar-refractivity contribution in [1.82, 2.24) is 0 Å². The van der Waals surface area contributed by atoms with Crippen LogP contribution in [-0.4, -0.2) is 5.60 Å². The molecule has 0 heterocycles. The Labute approximate surface area is 138 Å². The van der Waals surface area contributed by atoms with Crippen LogP contribution in [0.25, 0.3) is 0 Å². The van der Waals surface area contributed by atoms with Crippen LogP contribution in [0.2, 0.25) is 0 Å². The highest BCUT2D eigenvalue weighted by atomic mass is 31.2. The summed E-state index contributed by atoms with van der Waals surface area (Å²) in [5.41, 5.74) is 0.895. The summed E-state index contributed by atoms with van der Waals surface area (Å²) >= 11 is 0. The third-order valence-corrected chi connectivity index (χ3v) is 4.43. The van der Waals surface area contributed by atoms with Crippen LogP contribution in [0.4, 0.5) is 0 Å². The fourth-order valence-corrected chi connectivity index (χ4v) is 3.25. The van der Waals surface area contributed by atoms with Gasteiger partial charge in [-0.1, -0.05) is 60.7 Å². The summed E-state index contributed by atoms with van der Waals surface area (Å²) in [5, 5.41) is 0. The Morgan fingerprint density at radius 2 is 1.26 bits per heavy atom. The standard InChI is InChI=1S/C18H22O4P/c1-18(2,3)22-23(19,20-14-16-10-6-4-7-11-16)21-15-17-12-8-5-9-13-17/h4-13H,1,14-15H2,2-3H3. The highest BCUT2D eigenvalue weighted by Crippen LogP contribution is 2.53. The Kier molecular flexibility index (Phi) is 6.14. The largest absolute Gasteiger partial charge is 0.475 e. The summed E-state index contributed by atoms with van der Waals surface area (Å²) in [5.74, 6) is 0. The van der Waals surface area contributed by atoms with E-state index in [0.29, 0.717) is 0 Å². The first kappa shape index (κ1) is 17.9. The van der Waals surface area contributed by atoms with Gasteiger partial charge in [0.25, 0.3) is 0 Å². The molecule has 0 amide bonds. The van der Waals surface area contributed by atoms with Gasteiger partial charge in [0.2, 0.25) is 0 Å². The summed E-state index contributed by atoms with van der Waals surface area (Å²) in [6.07, 6.45) is 0. The van der Waals surface area contributed by atoms with Gasteiger partial charge in [-0.3, -0.25) is 13.6 Å². The Morgan fingerprint density at radius 3 is 1.61 bits per heavy atom. The van der Waals surface area contributed by atoms with E-state index < -0.39 is 13.4 Å². The summed E-state index contributed by atoms with van der Waals surface area (Å²) < 4.78 is 29.3. The molecule has 0 saturated carbocycles. The van der Waals surface area contributed by atoms with Crippen molar-refractivity contribution in [3.05, 3.63) is 78.7 Å². The predicted octanol–water partition coefficient (Wildman–Crippen LogP) is 5.16. The zero-order chi connectivity index (χ0) is 16.8. The Hall–Kier alpha value is -1.45. The highest BCUT2D eigenvalue weighted by Gasteiger charge is 2.33. The number of benzene rings is 2. The molecule has 0 aliphatic heterocycles. The van der Waals surface area contributed by atoms with Crippen LogP contribution < -0.4 is 0 Å². The smallest absolute Gasteiger partial charge is 0.282 e. The van der Waals surface area contributed by atoms with Crippen LogP contribution in [0.5, 0.6) is 0 Å². The molecule has 0 aliphatic carbocycles. The molecule has 0 N–H and O–H groups in total. The van der Waals surface area contributed by atoms with E-state index in [4.69, 9.17) is 13.6 Å². The van der Waals surface area contributed by atoms with Crippen molar-refractivity contribution >= 4 is 7.82 Å². The Morgan fingerprint density at radius 1 is 0.870 bits per heavy atom. The molecule has 2 aromatic rings. The van der Waals surface area contributed by atoms with Crippen molar-refractivity contribution in [3.8, 4) is 0 Å². The molecule has 0 bridgehead atoms. The Balaban J connectivity index is 2.04. The molecular weight excluding hydrogens is 311 g/mol. The lowest BCUT2D eigenvalue weighted by Crippen LogP contribution is -2.19. The van der Waals surface area contributed by atoms with E-state index >= 15 is 0 Å². The van der Waals surface area contributed by atoms with Gasteiger partial charge in [0.05, 0.1) is 18.8 Å². The summed E-state index contributed by atoms with van der Waals surface area (Å²) in [7, 11) is -3.73. The van der Waals surface area contributed by atoms with Crippen molar-refractivity contribution in [2.24, 2.45) is 0 Å². The highest BCUT2D eigenvalue weighted by molar-refractivity contribution is 7.48. The maximum absolute atomic E-state index is 12.9. The fraction of sp³-hybridized carbons (Fsp3) is 0.278. The molecule has 1 radical (unpaired) electrons. The van der Waals surface area contributed by atoms with Gasteiger partial charge in [-0.2, -0.15) is 0 Å². The molecule has 2 aromatic carbocycles. The second kappa shape index (κ2) is 7.89. The lowest BCUT2D eigenvalue weighted by atomic mass is 10.2. The summed E-state index contributed by atoms with van der Waals surface area (Å²) in [6.45, 7) is 7.51. The van der Waals surface area contributed by atoms with E-state index in [-0.39, 0.29) is 13.2 Å². The predicted molar refractivity (Wildman–Crippen MR) is 90.6 cm³/mol. The van der Waals surface area contributed by atoms with E-state index in [1.165, 1.54) is 0 Å². The summed E-state index contributed by atoms with van der Waals surface area (Å²) in [6, 6.07) is 18.9. The minimum absolute atomic E-state index is 0.142. The van der Waals surface area contributed by atoms with Crippen LogP contribution in [0.3, 0.4) is 0 Å². The second-order valence-electron chi connectivity index (χ2n) is 5.82. The van der Waals surface area contributed by atoms with Crippen molar-refractivity contribution in [2.45, 2.75) is 32.7 Å². The van der Waals surface area contributed by atoms with Crippen molar-refractivity contribution in [3.63, 3.8) is 0 Å². The van der Waals surface area contributed by atoms with Crippen LogP contribution >= 0.6 is 7.82 Å². The number of phosphoric ester groups is 1. The van der Waals surface area contributed by atoms with Crippen LogP contribution in [0.1, 0.15) is 25.0 Å². The van der Waals surface area contributed by atoms with Gasteiger partial charge in [-0.25, -0.2) is 4.57 Å². The SMILES string of the molecule is [CH2]C(C)(C)OP(=O)(OCc1ccccc1)OCc1ccccc1. The number of hydrogen-bond donors (Lipinski definition) is 0. The van der Waals surface area contributed by atoms with Gasteiger partial charge < -0.3 is 0 Å². The molecule has 0 saturated heterocycles. The van der Waals surface area contributed by atoms with Crippen LogP contribution in [0, 0.1) is 6.92 Å². The van der Waals surface area contributed by atoms with Gasteiger partial charge in [-0.05, 0) is 31.9 Å². The molecule has 0 aromatic heterocycles. The van der Waals surface area contributed by atoms with E-state index in [1.807, 2.05) is 60.7 Å². The molecule has 0 atom stereocenters. The molecule has 23 heavy (non-hydrogen) atoms. The van der Waals surface area contributed by atoms with Gasteiger partial charge >= 0.3 is 7.82 Å². The monoisotopic (exact) mass is 333 g/mol. The second-order valence-corrected chi connectivity index (χ2v) is 7.41. The topological polar surface area (TPSA) is 44.8 Å². The zero-order valence-electron chi connectivity index (χ0n) is 13.5. The van der Waals surface area contributed by atoms with Gasteiger partial charge in [0.1, 0.15) is 0 Å². The first-order valence-electron chi connectivity index (χ1n) is 7.39. The molecule has 0 unspecified atom stereocenters. The maximum Gasteiger partial charge on any atom is 0.475 e. The Bertz CT molecular complexity index is 588. The molecule has 123 valence electrons. The molecular formula is C18H22O4P. The van der Waals surface area contributed by atoms with Crippen LogP contribution in [-0.2, 0) is 31.4 Å². The minimum Gasteiger partial charge on any atom is -0.282 e. The molecule has 0 spiro atoms. The van der Waals surface area contributed by atoms with E-state index in [1.54, 1.807) is 13.8 Å². The van der Waals surface area contributed by atoms with Gasteiger partial charge in [0.15, 0.2) is 0 Å². The lowest BCUT2D eigenvalue weighted by Gasteiger charge is -2.26. The number of rotatable bonds is 8. The minimum atomic E-state index is -3.73. The number of phosphoric acid groups is 1. The van der Waals surface area contributed by atoms with E-state index in [2.05, 4.69) is 6.92 Å². The van der Waals surface area contributed by atoms with E-state index in [0.717, 1.165) is 11.1 Å². The molecule has 0 fully saturated rings. The maximum atomic E-state index is 12.9. The van der Waals surface area contributed by atoms with Crippen molar-refractivity contribution in [1.29, 1.82) is 0 Å². The quantitative estimate of drug-likeness (QED) is 0.626. The van der Waals surface area contributed by atoms with Crippen molar-refractivity contribution < 1.29 is 18.1 Å². The molecule has 2 rings (SSSR count). The third-order valence-electron chi connectivity index (χ3n) is 2.82. The van der Waals surface area contributed by atoms with E-state index in [9.17, 15) is 4.57 Å². The lowest BCUT2D eigenvalue weighted by molar-refractivity contribution is 0.0499.